The first-order chi connectivity index (χ1) is 36.7. The molecule has 18 nitrogen and oxygen atoms in total. The summed E-state index contributed by atoms with van der Waals surface area (Å²) in [5, 5.41) is 39.1. The molecule has 0 radical (unpaired) electrons. The van der Waals surface area contributed by atoms with Crippen LogP contribution < -0.4 is 0 Å². The van der Waals surface area contributed by atoms with Gasteiger partial charge in [-0.25, -0.2) is 19.2 Å². The number of aliphatic hydroxyl groups is 4. The van der Waals surface area contributed by atoms with Crippen molar-refractivity contribution in [3.63, 3.8) is 0 Å². The summed E-state index contributed by atoms with van der Waals surface area (Å²) in [6, 6.07) is 0. The van der Waals surface area contributed by atoms with Gasteiger partial charge in [-0.2, -0.15) is 0 Å². The van der Waals surface area contributed by atoms with Crippen molar-refractivity contribution in [2.45, 2.75) is 208 Å². The first-order valence-corrected chi connectivity index (χ1v) is 27.5. The van der Waals surface area contributed by atoms with Gasteiger partial charge in [-0.15, -0.1) is 0 Å². The molecular weight excluding hydrogens is 1060 g/mol. The molecular formula is C64H92O18. The van der Waals surface area contributed by atoms with Crippen LogP contribution in [0.25, 0.3) is 0 Å². The summed E-state index contributed by atoms with van der Waals surface area (Å²) in [7, 11) is 0. The Morgan fingerprint density at radius 1 is 0.463 bits per heavy atom. The summed E-state index contributed by atoms with van der Waals surface area (Å²) in [4.78, 5) is 70.9. The standard InChI is InChI=1S/C15H20O5.C15H18O5.C15H20O4.C15H18O4.4CH4/c2*1-8-5-15(6-9(2)14(18)20-15)19-13-11(8)4-3-10(7-16)12(13)17;2*1-8-4-5-11-9(2)6-15(18-13(11)12(8)16)7-10(3)14(17)19-15;;;;/h3,8,11-13,16-17H,2,4-7H2,1H3;3,8,11,13,16H,2,4-7H2,1H3;4,9,11-13,16H,3,5-7H2,1-2H3;4,9,11,13H,3,5-7H2,1-2H3;4*1H4/t8-,11+,12+,13+,15+;8-,11+,13+,15+;9-,11+,12+,13+,15+;9-,11+,13+,15+;;;;/m0000..../s1. The number of hydrogen-bond acceptors (Lipinski definition) is 18. The maximum absolute atomic E-state index is 12.3. The molecule has 0 bridgehead atoms. The molecule has 4 spiro atoms. The van der Waals surface area contributed by atoms with Crippen LogP contribution in [0.1, 0.15) is 148 Å². The normalized spacial score (nSPS) is 41.1. The van der Waals surface area contributed by atoms with Gasteiger partial charge in [0.25, 0.3) is 0 Å². The number of ketones is 2. The Kier molecular flexibility index (Phi) is 21.1. The molecule has 0 aromatic rings. The third kappa shape index (κ3) is 12.8. The summed E-state index contributed by atoms with van der Waals surface area (Å²) in [5.74, 6) is -3.85. The lowest BCUT2D eigenvalue weighted by Gasteiger charge is -2.48. The molecule has 12 aliphatic rings. The molecule has 0 aromatic carbocycles. The van der Waals surface area contributed by atoms with E-state index in [0.29, 0.717) is 97.1 Å². The zero-order chi connectivity index (χ0) is 56.6. The summed E-state index contributed by atoms with van der Waals surface area (Å²) in [5.41, 5.74) is 4.35. The predicted octanol–water partition coefficient (Wildman–Crippen LogP) is 8.66. The van der Waals surface area contributed by atoms with E-state index in [1.54, 1.807) is 6.08 Å². The minimum Gasteiger partial charge on any atom is -0.429 e. The monoisotopic (exact) mass is 1150 g/mol. The van der Waals surface area contributed by atoms with E-state index in [4.69, 9.17) is 37.9 Å². The number of carbonyl (C=O) groups is 6. The van der Waals surface area contributed by atoms with Crippen LogP contribution >= 0.6 is 0 Å². The van der Waals surface area contributed by atoms with E-state index in [2.05, 4.69) is 53.2 Å². The lowest BCUT2D eigenvalue weighted by molar-refractivity contribution is -0.289. The van der Waals surface area contributed by atoms with Gasteiger partial charge in [0.05, 0.1) is 25.4 Å². The second kappa shape index (κ2) is 25.6. The highest BCUT2D eigenvalue weighted by atomic mass is 16.7. The summed E-state index contributed by atoms with van der Waals surface area (Å²) in [6.07, 6.45) is 11.7. The van der Waals surface area contributed by atoms with E-state index in [-0.39, 0.29) is 108 Å². The van der Waals surface area contributed by atoms with Gasteiger partial charge in [-0.05, 0) is 104 Å². The molecule has 8 fully saturated rings. The van der Waals surface area contributed by atoms with Crippen molar-refractivity contribution in [3.8, 4) is 0 Å². The Morgan fingerprint density at radius 3 is 1.18 bits per heavy atom. The van der Waals surface area contributed by atoms with E-state index in [1.807, 2.05) is 32.9 Å². The van der Waals surface area contributed by atoms with E-state index in [1.165, 1.54) is 0 Å². The molecule has 8 aliphatic heterocycles. The summed E-state index contributed by atoms with van der Waals surface area (Å²) >= 11 is 0. The van der Waals surface area contributed by atoms with E-state index in [0.717, 1.165) is 30.4 Å². The molecule has 4 aliphatic carbocycles. The summed E-state index contributed by atoms with van der Waals surface area (Å²) in [6.45, 7) is 26.4. The van der Waals surface area contributed by atoms with Crippen LogP contribution in [0.4, 0.5) is 0 Å². The number of carbonyl (C=O) groups excluding carboxylic acids is 6. The van der Waals surface area contributed by atoms with Crippen LogP contribution in [-0.2, 0) is 66.7 Å². The zero-order valence-electron chi connectivity index (χ0n) is 45.6. The van der Waals surface area contributed by atoms with Gasteiger partial charge in [-0.3, -0.25) is 9.59 Å². The maximum Gasteiger partial charge on any atom is 0.336 e. The van der Waals surface area contributed by atoms with Crippen LogP contribution in [-0.4, -0.2) is 129 Å². The largest absolute Gasteiger partial charge is 0.429 e. The average Bonchev–Trinajstić information content (AvgIpc) is 4.06. The van der Waals surface area contributed by atoms with E-state index >= 15 is 0 Å². The molecule has 0 aromatic heterocycles. The maximum atomic E-state index is 12.3. The van der Waals surface area contributed by atoms with Gasteiger partial charge in [0.15, 0.2) is 11.6 Å². The fraction of sp³-hybridized carbons (Fsp3) is 0.656. The minimum atomic E-state index is -1.04. The van der Waals surface area contributed by atoms with Gasteiger partial charge < -0.3 is 58.3 Å². The van der Waals surface area contributed by atoms with Crippen LogP contribution in [0.15, 0.2) is 95.2 Å². The Bertz CT molecular complexity index is 2620. The van der Waals surface area contributed by atoms with Gasteiger partial charge in [-0.1, -0.05) is 108 Å². The molecule has 4 N–H and O–H groups in total. The molecule has 0 saturated carbocycles. The molecule has 12 rings (SSSR count). The number of fused-ring (bicyclic) bond motifs is 4. The van der Waals surface area contributed by atoms with E-state index < -0.39 is 71.6 Å². The van der Waals surface area contributed by atoms with Crippen molar-refractivity contribution >= 4 is 35.4 Å². The number of aliphatic hydroxyl groups excluding tert-OH is 4. The first kappa shape index (κ1) is 67.6. The quantitative estimate of drug-likeness (QED) is 0.0873. The van der Waals surface area contributed by atoms with E-state index in [9.17, 15) is 49.2 Å². The molecule has 82 heavy (non-hydrogen) atoms. The number of ether oxygens (including phenoxy) is 8. The number of esters is 4. The fourth-order valence-electron chi connectivity index (χ4n) is 14.1. The second-order valence-electron chi connectivity index (χ2n) is 24.2. The van der Waals surface area contributed by atoms with Gasteiger partial charge in [0.1, 0.15) is 24.4 Å². The fourth-order valence-corrected chi connectivity index (χ4v) is 14.1. The smallest absolute Gasteiger partial charge is 0.336 e. The number of allylic oxidation sites excluding steroid dienone is 4. The third-order valence-corrected chi connectivity index (χ3v) is 18.4. The number of Topliss-reactive ketones (excluding diaryl/α,β-unsaturated/α-hetero) is 2. The SMILES string of the molecule is C.C.C.C.C=C1C[C@@]2(C[C@H](C)[C@H]3CC=C(C)C(=O)[C@@H]3O2)OC1=O.C=C1C[C@@]2(C[C@H](C)[C@H]3CC=C(C)[C@@H](O)[C@@H]3O2)OC1=O.C=C1C[C@@]2(C[C@H](C)[C@H]3CC=C(CO)C(=O)[C@@H]3O2)OC1=O.C=C1C[C@@]2(C[C@H](C)[C@H]3CC=C(CO)[C@@H](O)[C@@H]3O2)OC1=O. The van der Waals surface area contributed by atoms with Crippen molar-refractivity contribution in [2.24, 2.45) is 47.3 Å². The topological polar surface area (TPSA) is 257 Å². The highest BCUT2D eigenvalue weighted by Gasteiger charge is 2.59. The van der Waals surface area contributed by atoms with Crippen LogP contribution in [0.5, 0.6) is 0 Å². The molecule has 0 unspecified atom stereocenters. The second-order valence-corrected chi connectivity index (χ2v) is 24.2. The van der Waals surface area contributed by atoms with Crippen molar-refractivity contribution < 1.29 is 87.1 Å². The van der Waals surface area contributed by atoms with Crippen molar-refractivity contribution in [3.05, 3.63) is 95.2 Å². The average molecular weight is 1150 g/mol. The molecule has 18 atom stereocenters. The van der Waals surface area contributed by atoms with Gasteiger partial charge in [0, 0.05) is 79.2 Å². The molecule has 0 amide bonds. The highest BCUT2D eigenvalue weighted by Crippen LogP contribution is 2.52. The molecule has 18 heteroatoms. The molecule has 8 saturated heterocycles. The number of rotatable bonds is 2. The van der Waals surface area contributed by atoms with Crippen LogP contribution in [0.2, 0.25) is 0 Å². The first-order valence-electron chi connectivity index (χ1n) is 27.5. The van der Waals surface area contributed by atoms with Crippen molar-refractivity contribution in [1.29, 1.82) is 0 Å². The third-order valence-electron chi connectivity index (χ3n) is 18.4. The molecule has 8 heterocycles. The van der Waals surface area contributed by atoms with Crippen LogP contribution in [0.3, 0.4) is 0 Å². The lowest BCUT2D eigenvalue weighted by atomic mass is 9.72. The predicted molar refractivity (Wildman–Crippen MR) is 304 cm³/mol. The lowest BCUT2D eigenvalue weighted by Crippen LogP contribution is -2.54. The van der Waals surface area contributed by atoms with Crippen molar-refractivity contribution in [2.75, 3.05) is 13.2 Å². The van der Waals surface area contributed by atoms with Crippen LogP contribution in [0, 0.1) is 47.3 Å². The number of hydrogen-bond donors (Lipinski definition) is 4. The Balaban J connectivity index is 0.000000197. The Hall–Kier alpha value is -5.18. The molecule has 456 valence electrons. The minimum absolute atomic E-state index is 0. The van der Waals surface area contributed by atoms with Gasteiger partial charge in [0.2, 0.25) is 23.1 Å². The highest BCUT2D eigenvalue weighted by molar-refractivity contribution is 6.01. The zero-order valence-corrected chi connectivity index (χ0v) is 45.6. The Morgan fingerprint density at radius 2 is 0.805 bits per heavy atom. The van der Waals surface area contributed by atoms with Gasteiger partial charge >= 0.3 is 23.9 Å². The Labute approximate surface area is 484 Å². The van der Waals surface area contributed by atoms with Crippen molar-refractivity contribution in [1.82, 2.24) is 0 Å². The summed E-state index contributed by atoms with van der Waals surface area (Å²) < 4.78 is 45.4.